The maximum atomic E-state index is 12.8. The highest BCUT2D eigenvalue weighted by Gasteiger charge is 2.43. The minimum atomic E-state index is -2.81. The second-order valence-electron chi connectivity index (χ2n) is 3.49. The van der Waals surface area contributed by atoms with Gasteiger partial charge in [0.15, 0.2) is 0 Å². The number of hydrogen-bond donors (Lipinski definition) is 2. The minimum Gasteiger partial charge on any atom is -0.481 e. The first-order valence-electron chi connectivity index (χ1n) is 4.18. The highest BCUT2D eigenvalue weighted by atomic mass is 19.3. The van der Waals surface area contributed by atoms with Crippen LogP contribution < -0.4 is 0 Å². The van der Waals surface area contributed by atoms with Crippen molar-refractivity contribution >= 4 is 5.97 Å². The van der Waals surface area contributed by atoms with Crippen LogP contribution in [0.25, 0.3) is 0 Å². The Bertz CT molecular complexity index is 206. The Kier molecular flexibility index (Phi) is 2.85. The summed E-state index contributed by atoms with van der Waals surface area (Å²) in [5.74, 6) is -5.51. The normalized spacial score (nSPS) is 32.8. The summed E-state index contributed by atoms with van der Waals surface area (Å²) < 4.78 is 25.5. The van der Waals surface area contributed by atoms with Gasteiger partial charge in [-0.25, -0.2) is 8.78 Å². The molecule has 1 fully saturated rings. The van der Waals surface area contributed by atoms with Crippen LogP contribution in [0.2, 0.25) is 0 Å². The van der Waals surface area contributed by atoms with Gasteiger partial charge in [-0.1, -0.05) is 0 Å². The molecule has 0 aromatic carbocycles. The first kappa shape index (κ1) is 10.4. The van der Waals surface area contributed by atoms with Gasteiger partial charge in [0.2, 0.25) is 5.92 Å². The van der Waals surface area contributed by atoms with Gasteiger partial charge in [0, 0.05) is 25.4 Å². The molecular weight excluding hydrogens is 182 g/mol. The molecule has 0 spiro atoms. The Morgan fingerprint density at radius 3 is 2.62 bits per heavy atom. The van der Waals surface area contributed by atoms with Crippen LogP contribution in [-0.2, 0) is 4.79 Å². The van der Waals surface area contributed by atoms with E-state index in [0.29, 0.717) is 0 Å². The van der Waals surface area contributed by atoms with Gasteiger partial charge >= 0.3 is 5.97 Å². The molecule has 0 bridgehead atoms. The van der Waals surface area contributed by atoms with Crippen molar-refractivity contribution < 1.29 is 23.8 Å². The van der Waals surface area contributed by atoms with Crippen molar-refractivity contribution in [3.63, 3.8) is 0 Å². The lowest BCUT2D eigenvalue weighted by Gasteiger charge is -2.32. The summed E-state index contributed by atoms with van der Waals surface area (Å²) in [5.41, 5.74) is 0. The number of aliphatic hydroxyl groups is 1. The molecule has 1 aliphatic carbocycles. The SMILES string of the molecule is O=C(O)C1CCC(F)(F)CC1CO. The van der Waals surface area contributed by atoms with Crippen LogP contribution in [0, 0.1) is 11.8 Å². The van der Waals surface area contributed by atoms with E-state index in [2.05, 4.69) is 0 Å². The molecule has 5 heteroatoms. The molecule has 0 aromatic rings. The van der Waals surface area contributed by atoms with Crippen molar-refractivity contribution in [2.24, 2.45) is 11.8 Å². The van der Waals surface area contributed by atoms with Crippen molar-refractivity contribution in [3.05, 3.63) is 0 Å². The van der Waals surface area contributed by atoms with E-state index < -0.39 is 36.8 Å². The highest BCUT2D eigenvalue weighted by Crippen LogP contribution is 2.39. The molecule has 0 heterocycles. The number of carboxylic acid groups (broad SMARTS) is 1. The zero-order valence-electron chi connectivity index (χ0n) is 7.04. The molecule has 0 radical (unpaired) electrons. The van der Waals surface area contributed by atoms with Crippen LogP contribution in [0.4, 0.5) is 8.78 Å². The third kappa shape index (κ3) is 2.37. The fourth-order valence-corrected chi connectivity index (χ4v) is 1.75. The van der Waals surface area contributed by atoms with E-state index in [9.17, 15) is 13.6 Å². The maximum Gasteiger partial charge on any atom is 0.306 e. The Morgan fingerprint density at radius 1 is 1.54 bits per heavy atom. The molecule has 2 atom stereocenters. The molecule has 1 rings (SSSR count). The summed E-state index contributed by atoms with van der Waals surface area (Å²) in [5, 5.41) is 17.4. The van der Waals surface area contributed by atoms with Gasteiger partial charge in [-0.2, -0.15) is 0 Å². The van der Waals surface area contributed by atoms with E-state index in [1.54, 1.807) is 0 Å². The zero-order chi connectivity index (χ0) is 10.1. The molecule has 13 heavy (non-hydrogen) atoms. The average molecular weight is 194 g/mol. The van der Waals surface area contributed by atoms with E-state index in [4.69, 9.17) is 10.2 Å². The van der Waals surface area contributed by atoms with E-state index in [-0.39, 0.29) is 12.8 Å². The van der Waals surface area contributed by atoms with E-state index >= 15 is 0 Å². The lowest BCUT2D eigenvalue weighted by molar-refractivity contribution is -0.151. The summed E-state index contributed by atoms with van der Waals surface area (Å²) in [6.45, 7) is -0.480. The van der Waals surface area contributed by atoms with Gasteiger partial charge in [0.25, 0.3) is 0 Å². The number of alkyl halides is 2. The Morgan fingerprint density at radius 2 is 2.15 bits per heavy atom. The van der Waals surface area contributed by atoms with Gasteiger partial charge < -0.3 is 10.2 Å². The minimum absolute atomic E-state index is 0.0481. The third-order valence-corrected chi connectivity index (χ3v) is 2.50. The molecule has 76 valence electrons. The van der Waals surface area contributed by atoms with Crippen molar-refractivity contribution in [1.82, 2.24) is 0 Å². The van der Waals surface area contributed by atoms with Crippen LogP contribution in [0.15, 0.2) is 0 Å². The summed E-state index contributed by atoms with van der Waals surface area (Å²) in [6, 6.07) is 0. The van der Waals surface area contributed by atoms with Crippen molar-refractivity contribution in [1.29, 1.82) is 0 Å². The van der Waals surface area contributed by atoms with Gasteiger partial charge in [-0.05, 0) is 6.42 Å². The number of halogens is 2. The maximum absolute atomic E-state index is 12.8. The fraction of sp³-hybridized carbons (Fsp3) is 0.875. The van der Waals surface area contributed by atoms with E-state index in [0.717, 1.165) is 0 Å². The Balaban J connectivity index is 2.66. The smallest absolute Gasteiger partial charge is 0.306 e. The molecule has 0 amide bonds. The third-order valence-electron chi connectivity index (χ3n) is 2.50. The topological polar surface area (TPSA) is 57.5 Å². The summed E-state index contributed by atoms with van der Waals surface area (Å²) in [4.78, 5) is 10.6. The van der Waals surface area contributed by atoms with Gasteiger partial charge in [0.1, 0.15) is 0 Å². The van der Waals surface area contributed by atoms with Gasteiger partial charge in [-0.15, -0.1) is 0 Å². The molecule has 1 saturated carbocycles. The molecule has 1 aliphatic rings. The lowest BCUT2D eigenvalue weighted by Crippen LogP contribution is -2.38. The zero-order valence-corrected chi connectivity index (χ0v) is 7.04. The Labute approximate surface area is 74.4 Å². The number of carbonyl (C=O) groups is 1. The number of aliphatic hydroxyl groups excluding tert-OH is 1. The lowest BCUT2D eigenvalue weighted by atomic mass is 9.78. The number of hydrogen-bond acceptors (Lipinski definition) is 2. The molecule has 0 aromatic heterocycles. The molecule has 0 aliphatic heterocycles. The predicted molar refractivity (Wildman–Crippen MR) is 40.5 cm³/mol. The number of aliphatic carboxylic acids is 1. The van der Waals surface area contributed by atoms with Crippen molar-refractivity contribution in [2.75, 3.05) is 6.61 Å². The second kappa shape index (κ2) is 3.57. The average Bonchev–Trinajstić information content (AvgIpc) is 2.01. The Hall–Kier alpha value is -0.710. The fourth-order valence-electron chi connectivity index (χ4n) is 1.75. The quantitative estimate of drug-likeness (QED) is 0.692. The molecule has 2 N–H and O–H groups in total. The molecule has 0 saturated heterocycles. The second-order valence-corrected chi connectivity index (χ2v) is 3.49. The van der Waals surface area contributed by atoms with E-state index in [1.165, 1.54) is 0 Å². The van der Waals surface area contributed by atoms with Gasteiger partial charge in [-0.3, -0.25) is 4.79 Å². The number of carboxylic acids is 1. The monoisotopic (exact) mass is 194 g/mol. The number of rotatable bonds is 2. The summed E-state index contributed by atoms with van der Waals surface area (Å²) in [6.07, 6.45) is -0.950. The van der Waals surface area contributed by atoms with E-state index in [1.807, 2.05) is 0 Å². The molecule has 3 nitrogen and oxygen atoms in total. The van der Waals surface area contributed by atoms with Crippen LogP contribution in [0.1, 0.15) is 19.3 Å². The highest BCUT2D eigenvalue weighted by molar-refractivity contribution is 5.70. The molecule has 2 unspecified atom stereocenters. The van der Waals surface area contributed by atoms with Crippen LogP contribution >= 0.6 is 0 Å². The van der Waals surface area contributed by atoms with Crippen LogP contribution in [0.3, 0.4) is 0 Å². The standard InChI is InChI=1S/C8H12F2O3/c9-8(10)2-1-6(7(12)13)5(3-8)4-11/h5-6,11H,1-4H2,(H,12,13). The predicted octanol–water partition coefficient (Wildman–Crippen LogP) is 1.11. The van der Waals surface area contributed by atoms with Gasteiger partial charge in [0.05, 0.1) is 5.92 Å². The largest absolute Gasteiger partial charge is 0.481 e. The first-order chi connectivity index (χ1) is 5.96. The first-order valence-corrected chi connectivity index (χ1v) is 4.18. The van der Waals surface area contributed by atoms with Crippen LogP contribution in [0.5, 0.6) is 0 Å². The van der Waals surface area contributed by atoms with Crippen molar-refractivity contribution in [2.45, 2.75) is 25.2 Å². The summed E-state index contributed by atoms with van der Waals surface area (Å²) >= 11 is 0. The van der Waals surface area contributed by atoms with Crippen LogP contribution in [-0.4, -0.2) is 28.7 Å². The molecular formula is C8H12F2O3. The summed E-state index contributed by atoms with van der Waals surface area (Å²) in [7, 11) is 0. The van der Waals surface area contributed by atoms with Crippen molar-refractivity contribution in [3.8, 4) is 0 Å².